The van der Waals surface area contributed by atoms with Gasteiger partial charge in [0.25, 0.3) is 0 Å². The fourth-order valence-electron chi connectivity index (χ4n) is 2.34. The number of hydrogen-bond donors (Lipinski definition) is 1. The Bertz CT molecular complexity index is 485. The SMILES string of the molecule is CC1CCN(C(=O)Cn2cccnc2=O)C1CO. The van der Waals surface area contributed by atoms with Crippen LogP contribution in [0.3, 0.4) is 0 Å². The first kappa shape index (κ1) is 12.8. The van der Waals surface area contributed by atoms with E-state index >= 15 is 0 Å². The molecule has 0 spiro atoms. The molecule has 2 heterocycles. The van der Waals surface area contributed by atoms with Gasteiger partial charge in [0.05, 0.1) is 12.6 Å². The number of carbonyl (C=O) groups excluding carboxylic acids is 1. The maximum absolute atomic E-state index is 12.1. The Labute approximate surface area is 105 Å². The first-order valence-corrected chi connectivity index (χ1v) is 6.05. The summed E-state index contributed by atoms with van der Waals surface area (Å²) < 4.78 is 1.28. The summed E-state index contributed by atoms with van der Waals surface area (Å²) in [6.07, 6.45) is 3.83. The monoisotopic (exact) mass is 251 g/mol. The van der Waals surface area contributed by atoms with Gasteiger partial charge in [-0.3, -0.25) is 9.36 Å². The van der Waals surface area contributed by atoms with Crippen LogP contribution in [0.4, 0.5) is 0 Å². The highest BCUT2D eigenvalue weighted by Crippen LogP contribution is 2.23. The van der Waals surface area contributed by atoms with Crippen LogP contribution in [0.2, 0.25) is 0 Å². The van der Waals surface area contributed by atoms with E-state index in [1.54, 1.807) is 17.2 Å². The van der Waals surface area contributed by atoms with Crippen molar-refractivity contribution in [3.63, 3.8) is 0 Å². The van der Waals surface area contributed by atoms with Gasteiger partial charge in [-0.05, 0) is 18.4 Å². The first-order chi connectivity index (χ1) is 8.63. The summed E-state index contributed by atoms with van der Waals surface area (Å²) in [4.78, 5) is 28.8. The van der Waals surface area contributed by atoms with E-state index < -0.39 is 5.69 Å². The molecular formula is C12H17N3O3. The minimum atomic E-state index is -0.432. The summed E-state index contributed by atoms with van der Waals surface area (Å²) in [6, 6.07) is 1.48. The van der Waals surface area contributed by atoms with Crippen LogP contribution in [0.5, 0.6) is 0 Å². The summed E-state index contributed by atoms with van der Waals surface area (Å²) in [5.74, 6) is 0.151. The van der Waals surface area contributed by atoms with E-state index in [-0.39, 0.29) is 25.1 Å². The highest BCUT2D eigenvalue weighted by Gasteiger charge is 2.33. The average molecular weight is 251 g/mol. The minimum absolute atomic E-state index is 0.0180. The van der Waals surface area contributed by atoms with Gasteiger partial charge in [0.2, 0.25) is 5.91 Å². The zero-order valence-electron chi connectivity index (χ0n) is 10.3. The fourth-order valence-corrected chi connectivity index (χ4v) is 2.34. The first-order valence-electron chi connectivity index (χ1n) is 6.05. The van der Waals surface area contributed by atoms with Crippen LogP contribution in [0.25, 0.3) is 0 Å². The van der Waals surface area contributed by atoms with E-state index in [1.165, 1.54) is 10.8 Å². The molecule has 98 valence electrons. The van der Waals surface area contributed by atoms with Gasteiger partial charge in [-0.1, -0.05) is 6.92 Å². The van der Waals surface area contributed by atoms with Crippen molar-refractivity contribution in [3.05, 3.63) is 28.9 Å². The Balaban J connectivity index is 2.09. The summed E-state index contributed by atoms with van der Waals surface area (Å²) in [7, 11) is 0. The van der Waals surface area contributed by atoms with Gasteiger partial charge in [0.1, 0.15) is 6.54 Å². The lowest BCUT2D eigenvalue weighted by atomic mass is 10.0. The van der Waals surface area contributed by atoms with E-state index in [1.807, 2.05) is 6.92 Å². The molecule has 6 nitrogen and oxygen atoms in total. The number of aliphatic hydroxyl groups excluding tert-OH is 1. The van der Waals surface area contributed by atoms with Gasteiger partial charge < -0.3 is 10.0 Å². The smallest absolute Gasteiger partial charge is 0.347 e. The van der Waals surface area contributed by atoms with Gasteiger partial charge in [0.15, 0.2) is 0 Å². The maximum Gasteiger partial charge on any atom is 0.347 e. The van der Waals surface area contributed by atoms with Gasteiger partial charge in [0, 0.05) is 18.9 Å². The number of carbonyl (C=O) groups is 1. The molecule has 1 amide bonds. The Morgan fingerprint density at radius 1 is 1.61 bits per heavy atom. The largest absolute Gasteiger partial charge is 0.394 e. The van der Waals surface area contributed by atoms with Crippen molar-refractivity contribution in [1.82, 2.24) is 14.5 Å². The van der Waals surface area contributed by atoms with Gasteiger partial charge in [-0.25, -0.2) is 9.78 Å². The second-order valence-corrected chi connectivity index (χ2v) is 4.63. The van der Waals surface area contributed by atoms with E-state index in [9.17, 15) is 14.7 Å². The van der Waals surface area contributed by atoms with Gasteiger partial charge in [-0.2, -0.15) is 0 Å². The molecule has 1 aromatic rings. The Morgan fingerprint density at radius 2 is 2.39 bits per heavy atom. The molecule has 0 bridgehead atoms. The molecular weight excluding hydrogens is 234 g/mol. The number of likely N-dealkylation sites (tertiary alicyclic amines) is 1. The molecule has 0 aliphatic carbocycles. The second-order valence-electron chi connectivity index (χ2n) is 4.63. The Morgan fingerprint density at radius 3 is 3.06 bits per heavy atom. The van der Waals surface area contributed by atoms with Crippen molar-refractivity contribution in [2.24, 2.45) is 5.92 Å². The predicted molar refractivity (Wildman–Crippen MR) is 64.9 cm³/mol. The summed E-state index contributed by atoms with van der Waals surface area (Å²) in [5, 5.41) is 9.30. The molecule has 1 N–H and O–H groups in total. The molecule has 0 saturated carbocycles. The quantitative estimate of drug-likeness (QED) is 0.784. The molecule has 2 unspecified atom stereocenters. The molecule has 0 aromatic carbocycles. The normalized spacial score (nSPS) is 23.3. The second kappa shape index (κ2) is 5.30. The molecule has 1 aromatic heterocycles. The molecule has 6 heteroatoms. The number of aromatic nitrogens is 2. The predicted octanol–water partition coefficient (Wildman–Crippen LogP) is -0.527. The van der Waals surface area contributed by atoms with Crippen LogP contribution >= 0.6 is 0 Å². The minimum Gasteiger partial charge on any atom is -0.394 e. The lowest BCUT2D eigenvalue weighted by Gasteiger charge is -2.25. The molecule has 0 radical (unpaired) electrons. The molecule has 2 rings (SSSR count). The maximum atomic E-state index is 12.1. The fraction of sp³-hybridized carbons (Fsp3) is 0.583. The number of amides is 1. The topological polar surface area (TPSA) is 75.4 Å². The van der Waals surface area contributed by atoms with Crippen molar-refractivity contribution >= 4 is 5.91 Å². The van der Waals surface area contributed by atoms with Crippen molar-refractivity contribution in [2.45, 2.75) is 25.9 Å². The standard InChI is InChI=1S/C12H17N3O3/c1-9-3-6-15(10(9)8-16)11(17)7-14-5-2-4-13-12(14)18/h2,4-5,9-10,16H,3,6-8H2,1H3. The van der Waals surface area contributed by atoms with Crippen molar-refractivity contribution in [3.8, 4) is 0 Å². The Hall–Kier alpha value is -1.69. The third-order valence-corrected chi connectivity index (χ3v) is 3.48. The van der Waals surface area contributed by atoms with E-state index in [2.05, 4.69) is 4.98 Å². The molecule has 1 aliphatic heterocycles. The van der Waals surface area contributed by atoms with Crippen LogP contribution in [0, 0.1) is 5.92 Å². The zero-order chi connectivity index (χ0) is 13.1. The summed E-state index contributed by atoms with van der Waals surface area (Å²) >= 11 is 0. The molecule has 2 atom stereocenters. The molecule has 1 saturated heterocycles. The number of aliphatic hydroxyl groups is 1. The average Bonchev–Trinajstić information content (AvgIpc) is 2.73. The number of nitrogens with zero attached hydrogens (tertiary/aromatic N) is 3. The van der Waals surface area contributed by atoms with Gasteiger partial charge >= 0.3 is 5.69 Å². The van der Waals surface area contributed by atoms with Crippen LogP contribution in [-0.2, 0) is 11.3 Å². The van der Waals surface area contributed by atoms with Crippen LogP contribution in [0.1, 0.15) is 13.3 Å². The third kappa shape index (κ3) is 2.43. The number of hydrogen-bond acceptors (Lipinski definition) is 4. The van der Waals surface area contributed by atoms with E-state index in [0.717, 1.165) is 6.42 Å². The lowest BCUT2D eigenvalue weighted by Crippen LogP contribution is -2.42. The van der Waals surface area contributed by atoms with Crippen molar-refractivity contribution in [2.75, 3.05) is 13.2 Å². The molecule has 1 fully saturated rings. The van der Waals surface area contributed by atoms with Gasteiger partial charge in [-0.15, -0.1) is 0 Å². The third-order valence-electron chi connectivity index (χ3n) is 3.48. The van der Waals surface area contributed by atoms with Crippen molar-refractivity contribution in [1.29, 1.82) is 0 Å². The molecule has 1 aliphatic rings. The highest BCUT2D eigenvalue weighted by molar-refractivity contribution is 5.76. The number of rotatable bonds is 3. The molecule has 18 heavy (non-hydrogen) atoms. The Kier molecular flexibility index (Phi) is 3.76. The van der Waals surface area contributed by atoms with E-state index in [0.29, 0.717) is 12.5 Å². The van der Waals surface area contributed by atoms with E-state index in [4.69, 9.17) is 0 Å². The van der Waals surface area contributed by atoms with Crippen molar-refractivity contribution < 1.29 is 9.90 Å². The van der Waals surface area contributed by atoms with Crippen LogP contribution < -0.4 is 5.69 Å². The van der Waals surface area contributed by atoms with Crippen LogP contribution in [-0.4, -0.2) is 44.7 Å². The lowest BCUT2D eigenvalue weighted by molar-refractivity contribution is -0.133. The summed E-state index contributed by atoms with van der Waals surface area (Å²) in [6.45, 7) is 2.61. The summed E-state index contributed by atoms with van der Waals surface area (Å²) in [5.41, 5.74) is -0.432. The zero-order valence-corrected chi connectivity index (χ0v) is 10.3. The highest BCUT2D eigenvalue weighted by atomic mass is 16.3. The van der Waals surface area contributed by atoms with Crippen LogP contribution in [0.15, 0.2) is 23.3 Å².